The van der Waals surface area contributed by atoms with Gasteiger partial charge in [0.1, 0.15) is 4.66 Å². The summed E-state index contributed by atoms with van der Waals surface area (Å²) in [6, 6.07) is 7.89. The number of azo groups is 1. The first kappa shape index (κ1) is 19.0. The second-order valence-corrected chi connectivity index (χ2v) is 8.34. The van der Waals surface area contributed by atoms with Crippen LogP contribution in [0, 0.1) is 0 Å². The van der Waals surface area contributed by atoms with E-state index in [-0.39, 0.29) is 11.5 Å². The van der Waals surface area contributed by atoms with Crippen LogP contribution in [-0.4, -0.2) is 20.4 Å². The standard InChI is InChI=1S/C19H16N6O2S2/c1-11(26)22-19-20-9-14(28-19)8-16-18(27)23-17(29-16)10-21-24-13-4-3-12-5-6-25(2)15(12)7-13/h3-10H,1-2H3,(H,23,27)(H,20,22,26)/b16-8-,17-10?,24-21?. The van der Waals surface area contributed by atoms with Crippen molar-refractivity contribution in [2.24, 2.45) is 17.3 Å². The molecule has 0 aliphatic rings. The number of aryl methyl sites for hydroxylation is 1. The lowest BCUT2D eigenvalue weighted by Crippen LogP contribution is -2.19. The van der Waals surface area contributed by atoms with Gasteiger partial charge in [-0.2, -0.15) is 10.2 Å². The van der Waals surface area contributed by atoms with Crippen molar-refractivity contribution in [2.75, 3.05) is 5.32 Å². The normalized spacial score (nSPS) is 13.0. The van der Waals surface area contributed by atoms with Crippen LogP contribution in [-0.2, 0) is 11.8 Å². The smallest absolute Gasteiger partial charge is 0.266 e. The van der Waals surface area contributed by atoms with Crippen molar-refractivity contribution in [3.63, 3.8) is 0 Å². The van der Waals surface area contributed by atoms with E-state index in [9.17, 15) is 9.59 Å². The zero-order valence-electron chi connectivity index (χ0n) is 15.5. The highest BCUT2D eigenvalue weighted by molar-refractivity contribution is 7.16. The maximum atomic E-state index is 12.2. The molecule has 10 heteroatoms. The number of H-pyrrole nitrogens is 1. The van der Waals surface area contributed by atoms with E-state index in [1.54, 1.807) is 12.3 Å². The van der Waals surface area contributed by atoms with Crippen LogP contribution in [0.25, 0.3) is 23.2 Å². The molecule has 1 amide bonds. The molecule has 0 saturated carbocycles. The number of anilines is 1. The van der Waals surface area contributed by atoms with Gasteiger partial charge in [-0.1, -0.05) is 17.4 Å². The zero-order chi connectivity index (χ0) is 20.4. The molecule has 3 heterocycles. The second kappa shape index (κ2) is 7.94. The van der Waals surface area contributed by atoms with Crippen LogP contribution >= 0.6 is 22.7 Å². The Morgan fingerprint density at radius 1 is 1.31 bits per heavy atom. The lowest BCUT2D eigenvalue weighted by atomic mass is 10.2. The first-order valence-corrected chi connectivity index (χ1v) is 10.2. The van der Waals surface area contributed by atoms with E-state index < -0.39 is 0 Å². The molecule has 0 bridgehead atoms. The number of thiazole rings is 2. The van der Waals surface area contributed by atoms with Gasteiger partial charge >= 0.3 is 0 Å². The molecule has 0 unspecified atom stereocenters. The molecule has 4 rings (SSSR count). The van der Waals surface area contributed by atoms with Gasteiger partial charge in [0.2, 0.25) is 5.91 Å². The monoisotopic (exact) mass is 424 g/mol. The van der Waals surface area contributed by atoms with Gasteiger partial charge in [0.15, 0.2) is 5.13 Å². The summed E-state index contributed by atoms with van der Waals surface area (Å²) in [5.74, 6) is -0.187. The van der Waals surface area contributed by atoms with E-state index in [1.165, 1.54) is 35.8 Å². The summed E-state index contributed by atoms with van der Waals surface area (Å²) in [6.45, 7) is 1.42. The Hall–Kier alpha value is -3.37. The van der Waals surface area contributed by atoms with Gasteiger partial charge in [0, 0.05) is 31.9 Å². The predicted molar refractivity (Wildman–Crippen MR) is 116 cm³/mol. The number of benzene rings is 1. The summed E-state index contributed by atoms with van der Waals surface area (Å²) in [4.78, 5) is 30.9. The van der Waals surface area contributed by atoms with Crippen LogP contribution in [0.1, 0.15) is 11.8 Å². The molecule has 1 aromatic carbocycles. The minimum Gasteiger partial charge on any atom is -0.350 e. The number of amides is 1. The molecule has 29 heavy (non-hydrogen) atoms. The molecule has 0 fully saturated rings. The summed E-state index contributed by atoms with van der Waals surface area (Å²) in [7, 11) is 1.98. The van der Waals surface area contributed by atoms with Gasteiger partial charge in [0.25, 0.3) is 5.56 Å². The van der Waals surface area contributed by atoms with Crippen molar-refractivity contribution in [1.82, 2.24) is 14.5 Å². The Morgan fingerprint density at radius 2 is 2.17 bits per heavy atom. The zero-order valence-corrected chi connectivity index (χ0v) is 17.2. The van der Waals surface area contributed by atoms with E-state index >= 15 is 0 Å². The van der Waals surface area contributed by atoms with Crippen molar-refractivity contribution >= 4 is 62.6 Å². The number of nitrogens with one attached hydrogen (secondary N) is 2. The molecule has 0 atom stereocenters. The Kier molecular flexibility index (Phi) is 5.19. The van der Waals surface area contributed by atoms with Gasteiger partial charge in [0.05, 0.1) is 21.3 Å². The molecule has 4 aromatic rings. The van der Waals surface area contributed by atoms with E-state index in [0.717, 1.165) is 21.5 Å². The Morgan fingerprint density at radius 3 is 3.00 bits per heavy atom. The Labute approximate surface area is 172 Å². The number of aromatic amines is 1. The SMILES string of the molecule is CC(=O)Nc1ncc(/C=c2\sc(=CN=Nc3ccc4ccn(C)c4c3)[nH]c2=O)s1. The van der Waals surface area contributed by atoms with Gasteiger partial charge in [-0.3, -0.25) is 9.59 Å². The van der Waals surface area contributed by atoms with Crippen molar-refractivity contribution in [3.8, 4) is 0 Å². The van der Waals surface area contributed by atoms with E-state index in [4.69, 9.17) is 0 Å². The number of rotatable bonds is 4. The minimum atomic E-state index is -0.212. The molecular weight excluding hydrogens is 408 g/mol. The van der Waals surface area contributed by atoms with Crippen LogP contribution in [0.4, 0.5) is 10.8 Å². The first-order valence-electron chi connectivity index (χ1n) is 8.58. The van der Waals surface area contributed by atoms with Crippen LogP contribution in [0.3, 0.4) is 0 Å². The highest BCUT2D eigenvalue weighted by Crippen LogP contribution is 2.22. The molecule has 2 N–H and O–H groups in total. The molecule has 146 valence electrons. The summed E-state index contributed by atoms with van der Waals surface area (Å²) >= 11 is 2.57. The quantitative estimate of drug-likeness (QED) is 0.492. The number of aromatic nitrogens is 3. The van der Waals surface area contributed by atoms with Crippen LogP contribution < -0.4 is 20.1 Å². The van der Waals surface area contributed by atoms with E-state index in [1.807, 2.05) is 42.1 Å². The van der Waals surface area contributed by atoms with Crippen molar-refractivity contribution < 1.29 is 4.79 Å². The molecule has 3 aromatic heterocycles. The van der Waals surface area contributed by atoms with E-state index in [0.29, 0.717) is 14.3 Å². The van der Waals surface area contributed by atoms with Gasteiger partial charge in [-0.25, -0.2) is 4.98 Å². The number of carbonyl (C=O) groups excluding carboxylic acids is 1. The molecule has 0 aliphatic carbocycles. The topological polar surface area (TPSA) is 104 Å². The Balaban J connectivity index is 1.57. The molecule has 0 saturated heterocycles. The summed E-state index contributed by atoms with van der Waals surface area (Å²) < 4.78 is 3.14. The highest BCUT2D eigenvalue weighted by atomic mass is 32.1. The van der Waals surface area contributed by atoms with E-state index in [2.05, 4.69) is 25.5 Å². The van der Waals surface area contributed by atoms with Crippen LogP contribution in [0.2, 0.25) is 0 Å². The third-order valence-electron chi connectivity index (χ3n) is 3.98. The molecule has 0 aliphatic heterocycles. The molecule has 8 nitrogen and oxygen atoms in total. The second-order valence-electron chi connectivity index (χ2n) is 6.19. The molecule has 0 spiro atoms. The minimum absolute atomic E-state index is 0.187. The number of hydrogen-bond donors (Lipinski definition) is 2. The third kappa shape index (κ3) is 4.39. The van der Waals surface area contributed by atoms with Gasteiger partial charge < -0.3 is 14.9 Å². The summed E-state index contributed by atoms with van der Waals surface area (Å²) in [6.07, 6.45) is 6.85. The Bertz CT molecular complexity index is 1410. The van der Waals surface area contributed by atoms with Crippen molar-refractivity contribution in [1.29, 1.82) is 0 Å². The van der Waals surface area contributed by atoms with Crippen LogP contribution in [0.5, 0.6) is 0 Å². The maximum Gasteiger partial charge on any atom is 0.266 e. The van der Waals surface area contributed by atoms with Crippen LogP contribution in [0.15, 0.2) is 51.7 Å². The maximum absolute atomic E-state index is 12.2. The fraction of sp³-hybridized carbons (Fsp3) is 0.105. The number of carbonyl (C=O) groups is 1. The summed E-state index contributed by atoms with van der Waals surface area (Å²) in [5, 5.41) is 12.6. The third-order valence-corrected chi connectivity index (χ3v) is 5.79. The number of nitrogens with zero attached hydrogens (tertiary/aromatic N) is 4. The summed E-state index contributed by atoms with van der Waals surface area (Å²) in [5.41, 5.74) is 1.60. The molecular formula is C19H16N6O2S2. The van der Waals surface area contributed by atoms with Crippen molar-refractivity contribution in [3.05, 3.63) is 61.1 Å². The lowest BCUT2D eigenvalue weighted by Gasteiger charge is -1.96. The average Bonchev–Trinajstić information content (AvgIpc) is 3.36. The van der Waals surface area contributed by atoms with Crippen molar-refractivity contribution in [2.45, 2.75) is 6.92 Å². The molecule has 0 radical (unpaired) electrons. The van der Waals surface area contributed by atoms with Gasteiger partial charge in [-0.05, 0) is 29.7 Å². The lowest BCUT2D eigenvalue weighted by molar-refractivity contribution is -0.114. The number of hydrogen-bond acceptors (Lipinski definition) is 7. The van der Waals surface area contributed by atoms with Gasteiger partial charge in [-0.15, -0.1) is 11.3 Å². The fourth-order valence-corrected chi connectivity index (χ4v) is 4.36. The first-order chi connectivity index (χ1) is 14.0. The fourth-order valence-electron chi connectivity index (χ4n) is 2.67. The number of fused-ring (bicyclic) bond motifs is 1. The highest BCUT2D eigenvalue weighted by Gasteiger charge is 2.03. The predicted octanol–water partition coefficient (Wildman–Crippen LogP) is 2.69. The average molecular weight is 425 g/mol. The largest absolute Gasteiger partial charge is 0.350 e.